The van der Waals surface area contributed by atoms with Crippen molar-refractivity contribution in [2.24, 2.45) is 0 Å². The summed E-state index contributed by atoms with van der Waals surface area (Å²) in [6.07, 6.45) is 1.88. The summed E-state index contributed by atoms with van der Waals surface area (Å²) in [6.45, 7) is 0. The van der Waals surface area contributed by atoms with Crippen LogP contribution >= 0.6 is 27.7 Å². The van der Waals surface area contributed by atoms with E-state index in [1.165, 1.54) is 16.3 Å². The standard InChI is InChI=1S/C12H11BrN6OS/c1-20-8-4-3-6(5-7(8)13)9-15-11-17-12(21-2)16-10(14)19(11)18-9/h3-5H,1-2H3,(H2,14,15,16,17,18). The van der Waals surface area contributed by atoms with Gasteiger partial charge in [-0.2, -0.15) is 19.5 Å². The third-order valence-electron chi connectivity index (χ3n) is 2.81. The number of thioether (sulfide) groups is 1. The van der Waals surface area contributed by atoms with Gasteiger partial charge in [0, 0.05) is 5.56 Å². The summed E-state index contributed by atoms with van der Waals surface area (Å²) in [5.41, 5.74) is 6.70. The Kier molecular flexibility index (Phi) is 3.68. The van der Waals surface area contributed by atoms with Crippen LogP contribution in [-0.4, -0.2) is 37.9 Å². The van der Waals surface area contributed by atoms with Gasteiger partial charge in [-0.15, -0.1) is 5.10 Å². The van der Waals surface area contributed by atoms with Crippen molar-refractivity contribution in [3.05, 3.63) is 22.7 Å². The molecular weight excluding hydrogens is 356 g/mol. The first kappa shape index (κ1) is 14.1. The van der Waals surface area contributed by atoms with Gasteiger partial charge in [0.05, 0.1) is 11.6 Å². The van der Waals surface area contributed by atoms with Crippen molar-refractivity contribution in [1.29, 1.82) is 0 Å². The number of hydrogen-bond acceptors (Lipinski definition) is 7. The summed E-state index contributed by atoms with van der Waals surface area (Å²) < 4.78 is 7.45. The molecule has 2 aromatic heterocycles. The van der Waals surface area contributed by atoms with Gasteiger partial charge in [-0.3, -0.25) is 0 Å². The third-order valence-corrected chi connectivity index (χ3v) is 3.97. The van der Waals surface area contributed by atoms with Gasteiger partial charge in [-0.05, 0) is 40.4 Å². The van der Waals surface area contributed by atoms with Crippen LogP contribution in [0.2, 0.25) is 0 Å². The quantitative estimate of drug-likeness (QED) is 0.710. The first-order valence-electron chi connectivity index (χ1n) is 5.90. The van der Waals surface area contributed by atoms with Gasteiger partial charge >= 0.3 is 0 Å². The minimum atomic E-state index is 0.260. The van der Waals surface area contributed by atoms with Crippen LogP contribution in [-0.2, 0) is 0 Å². The Bertz CT molecular complexity index is 821. The van der Waals surface area contributed by atoms with E-state index in [1.54, 1.807) is 7.11 Å². The van der Waals surface area contributed by atoms with Crippen LogP contribution in [0.25, 0.3) is 17.2 Å². The van der Waals surface area contributed by atoms with Crippen molar-refractivity contribution in [1.82, 2.24) is 24.6 Å². The zero-order valence-electron chi connectivity index (χ0n) is 11.2. The Morgan fingerprint density at radius 1 is 1.29 bits per heavy atom. The molecule has 3 rings (SSSR count). The molecule has 0 fully saturated rings. The van der Waals surface area contributed by atoms with E-state index >= 15 is 0 Å². The Morgan fingerprint density at radius 2 is 2.10 bits per heavy atom. The number of anilines is 1. The third kappa shape index (κ3) is 2.54. The Balaban J connectivity index is 2.12. The molecule has 0 aliphatic rings. The van der Waals surface area contributed by atoms with E-state index in [2.05, 4.69) is 36.0 Å². The van der Waals surface area contributed by atoms with Crippen molar-refractivity contribution in [2.75, 3.05) is 19.1 Å². The number of rotatable bonds is 3. The highest BCUT2D eigenvalue weighted by Gasteiger charge is 2.13. The summed E-state index contributed by atoms with van der Waals surface area (Å²) >= 11 is 4.85. The summed E-state index contributed by atoms with van der Waals surface area (Å²) in [7, 11) is 1.61. The Labute approximate surface area is 133 Å². The summed E-state index contributed by atoms with van der Waals surface area (Å²) in [5, 5.41) is 4.90. The average Bonchev–Trinajstić information content (AvgIpc) is 2.91. The molecule has 21 heavy (non-hydrogen) atoms. The number of halogens is 1. The number of hydrogen-bond donors (Lipinski definition) is 1. The lowest BCUT2D eigenvalue weighted by Gasteiger charge is -2.03. The number of ether oxygens (including phenoxy) is 1. The summed E-state index contributed by atoms with van der Waals surface area (Å²) in [4.78, 5) is 12.8. The molecule has 0 atom stereocenters. The molecule has 0 radical (unpaired) electrons. The van der Waals surface area contributed by atoms with Crippen molar-refractivity contribution in [3.8, 4) is 17.1 Å². The van der Waals surface area contributed by atoms with Crippen molar-refractivity contribution in [3.63, 3.8) is 0 Å². The molecule has 1 aromatic carbocycles. The second-order valence-electron chi connectivity index (χ2n) is 4.07. The van der Waals surface area contributed by atoms with E-state index in [4.69, 9.17) is 10.5 Å². The lowest BCUT2D eigenvalue weighted by molar-refractivity contribution is 0.412. The highest BCUT2D eigenvalue weighted by Crippen LogP contribution is 2.29. The molecular formula is C12H11BrN6OS. The van der Waals surface area contributed by atoms with E-state index in [-0.39, 0.29) is 5.95 Å². The minimum Gasteiger partial charge on any atom is -0.496 e. The zero-order chi connectivity index (χ0) is 15.0. The van der Waals surface area contributed by atoms with Crippen LogP contribution in [0.3, 0.4) is 0 Å². The van der Waals surface area contributed by atoms with Crippen LogP contribution in [0.4, 0.5) is 5.95 Å². The maximum atomic E-state index is 5.87. The van der Waals surface area contributed by atoms with E-state index in [0.29, 0.717) is 16.8 Å². The highest BCUT2D eigenvalue weighted by molar-refractivity contribution is 9.10. The SMILES string of the molecule is COc1ccc(-c2nc3nc(SC)nc(N)n3n2)cc1Br. The lowest BCUT2D eigenvalue weighted by Crippen LogP contribution is -2.04. The van der Waals surface area contributed by atoms with Crippen LogP contribution in [0.1, 0.15) is 0 Å². The molecule has 0 bridgehead atoms. The van der Waals surface area contributed by atoms with Crippen LogP contribution in [0.5, 0.6) is 5.75 Å². The fraction of sp³-hybridized carbons (Fsp3) is 0.167. The number of fused-ring (bicyclic) bond motifs is 1. The first-order valence-corrected chi connectivity index (χ1v) is 7.92. The first-order chi connectivity index (χ1) is 10.1. The van der Waals surface area contributed by atoms with E-state index < -0.39 is 0 Å². The predicted octanol–water partition coefficient (Wildman–Crippen LogP) is 2.26. The van der Waals surface area contributed by atoms with Gasteiger partial charge in [0.2, 0.25) is 5.95 Å². The predicted molar refractivity (Wildman–Crippen MR) is 84.5 cm³/mol. The summed E-state index contributed by atoms with van der Waals surface area (Å²) in [6, 6.07) is 5.59. The second kappa shape index (κ2) is 5.49. The largest absolute Gasteiger partial charge is 0.496 e. The molecule has 0 aliphatic carbocycles. The molecule has 0 aliphatic heterocycles. The molecule has 0 spiro atoms. The van der Waals surface area contributed by atoms with Crippen LogP contribution in [0, 0.1) is 0 Å². The van der Waals surface area contributed by atoms with Gasteiger partial charge in [-0.25, -0.2) is 0 Å². The van der Waals surface area contributed by atoms with Gasteiger partial charge in [-0.1, -0.05) is 11.8 Å². The lowest BCUT2D eigenvalue weighted by atomic mass is 10.2. The molecule has 0 saturated carbocycles. The maximum absolute atomic E-state index is 5.87. The van der Waals surface area contributed by atoms with Gasteiger partial charge in [0.25, 0.3) is 5.78 Å². The number of aromatic nitrogens is 5. The normalized spacial score (nSPS) is 11.0. The maximum Gasteiger partial charge on any atom is 0.258 e. The topological polar surface area (TPSA) is 91.2 Å². The molecule has 7 nitrogen and oxygen atoms in total. The van der Waals surface area contributed by atoms with Crippen LogP contribution in [0.15, 0.2) is 27.8 Å². The average molecular weight is 367 g/mol. The second-order valence-corrected chi connectivity index (χ2v) is 5.69. The van der Waals surface area contributed by atoms with Gasteiger partial charge in [0.1, 0.15) is 5.75 Å². The molecule has 2 N–H and O–H groups in total. The van der Waals surface area contributed by atoms with Crippen molar-refractivity contribution >= 4 is 39.4 Å². The van der Waals surface area contributed by atoms with E-state index in [9.17, 15) is 0 Å². The smallest absolute Gasteiger partial charge is 0.258 e. The number of methoxy groups -OCH3 is 1. The molecule has 0 unspecified atom stereocenters. The fourth-order valence-electron chi connectivity index (χ4n) is 1.80. The van der Waals surface area contributed by atoms with Crippen LogP contribution < -0.4 is 10.5 Å². The molecule has 9 heteroatoms. The molecule has 3 aromatic rings. The molecule has 0 amide bonds. The molecule has 2 heterocycles. The van der Waals surface area contributed by atoms with Crippen molar-refractivity contribution < 1.29 is 4.74 Å². The van der Waals surface area contributed by atoms with Gasteiger partial charge < -0.3 is 10.5 Å². The van der Waals surface area contributed by atoms with Gasteiger partial charge in [0.15, 0.2) is 11.0 Å². The number of nitrogens with zero attached hydrogens (tertiary/aromatic N) is 5. The number of nitrogens with two attached hydrogens (primary N) is 1. The Morgan fingerprint density at radius 3 is 2.76 bits per heavy atom. The van der Waals surface area contributed by atoms with Crippen molar-refractivity contribution in [2.45, 2.75) is 5.16 Å². The monoisotopic (exact) mass is 366 g/mol. The van der Waals surface area contributed by atoms with E-state index in [0.717, 1.165) is 15.8 Å². The Hall–Kier alpha value is -1.87. The molecule has 108 valence electrons. The minimum absolute atomic E-state index is 0.260. The van der Waals surface area contributed by atoms with E-state index in [1.807, 2.05) is 24.5 Å². The zero-order valence-corrected chi connectivity index (χ0v) is 13.6. The fourth-order valence-corrected chi connectivity index (χ4v) is 2.70. The highest BCUT2D eigenvalue weighted by atomic mass is 79.9. The molecule has 0 saturated heterocycles. The number of benzene rings is 1. The summed E-state index contributed by atoms with van der Waals surface area (Å²) in [5.74, 6) is 1.95. The number of nitrogen functional groups attached to an aromatic ring is 1.